The number of aliphatic hydroxyl groups is 3. The zero-order valence-corrected chi connectivity index (χ0v) is 29.7. The Labute approximate surface area is 297 Å². The van der Waals surface area contributed by atoms with Gasteiger partial charge in [0.25, 0.3) is 0 Å². The highest BCUT2D eigenvalue weighted by Crippen LogP contribution is 2.38. The van der Waals surface area contributed by atoms with Crippen LogP contribution in [0.5, 0.6) is 0 Å². The first-order chi connectivity index (χ1) is 24.0. The molecule has 2 saturated heterocycles. The van der Waals surface area contributed by atoms with Crippen LogP contribution in [0.1, 0.15) is 106 Å². The van der Waals surface area contributed by atoms with Gasteiger partial charge in [0.05, 0.1) is 40.1 Å². The Morgan fingerprint density at radius 2 is 1.20 bits per heavy atom. The maximum absolute atomic E-state index is 12.5. The molecule has 0 saturated carbocycles. The van der Waals surface area contributed by atoms with Crippen LogP contribution in [0.15, 0.2) is 35.7 Å². The third kappa shape index (κ3) is 8.18. The van der Waals surface area contributed by atoms with E-state index in [1.54, 1.807) is 52.2 Å². The van der Waals surface area contributed by atoms with Crippen LogP contribution in [-0.4, -0.2) is 90.0 Å². The van der Waals surface area contributed by atoms with Gasteiger partial charge >= 0.3 is 5.97 Å². The van der Waals surface area contributed by atoms with Crippen molar-refractivity contribution in [3.05, 3.63) is 69.3 Å². The Morgan fingerprint density at radius 1 is 0.804 bits per heavy atom. The summed E-state index contributed by atoms with van der Waals surface area (Å²) in [5.41, 5.74) is 4.23. The number of fused-ring (bicyclic) bond motifs is 2. The third-order valence-corrected chi connectivity index (χ3v) is 9.98. The summed E-state index contributed by atoms with van der Waals surface area (Å²) < 4.78 is 5.21. The molecule has 0 aromatic carbocycles. The van der Waals surface area contributed by atoms with Crippen molar-refractivity contribution in [1.82, 2.24) is 19.8 Å². The van der Waals surface area contributed by atoms with E-state index in [2.05, 4.69) is 22.1 Å². The molecule has 4 aliphatic rings. The molecule has 13 nitrogen and oxygen atoms in total. The Hall–Kier alpha value is -4.95. The van der Waals surface area contributed by atoms with E-state index in [9.17, 15) is 40.2 Å². The van der Waals surface area contributed by atoms with E-state index in [0.717, 1.165) is 22.3 Å². The van der Waals surface area contributed by atoms with Crippen molar-refractivity contribution in [3.63, 3.8) is 0 Å². The molecule has 268 valence electrons. The minimum absolute atomic E-state index is 0.127. The van der Waals surface area contributed by atoms with Crippen molar-refractivity contribution in [3.8, 4) is 12.1 Å². The maximum atomic E-state index is 12.5. The molecule has 2 aromatic rings. The number of piperidine rings is 2. The number of Topliss-reactive ketones (excluding diaryl/α,β-unsaturated/α-hetero) is 2. The van der Waals surface area contributed by atoms with E-state index in [4.69, 9.17) is 4.74 Å². The highest BCUT2D eigenvalue weighted by molar-refractivity contribution is 6.10. The maximum Gasteiger partial charge on any atom is 0.303 e. The predicted molar refractivity (Wildman–Crippen MR) is 185 cm³/mol. The minimum Gasteiger partial charge on any atom is -0.456 e. The van der Waals surface area contributed by atoms with Gasteiger partial charge < -0.3 is 29.9 Å². The lowest BCUT2D eigenvalue weighted by atomic mass is 9.86. The number of rotatable bonds is 5. The minimum atomic E-state index is -0.737. The molecule has 3 N–H and O–H groups in total. The standard InChI is InChI=1S/C20H23N3O4.C18H21N3O3/c1-12(27-13(2)24)17-9-15-14(11-22-17)8-18(25)16(10-21)19(15)23-6-4-20(3,26)5-7-23;1-11(22)15-8-13-12(10-20-15)7-16(23)14(9-19)17(13)21-5-3-18(2,24)4-6-21/h9,11-12,26H,4-8H2,1-3H3;8,10-11,22,24H,3-7H2,1-2H3. The SMILES string of the molecule is CC(=O)OC(C)c1cc2c(cn1)CC(=O)C(C#N)=C2N1CCC(C)(O)CC1.CC(O)c1cc2c(cn1)CC(=O)C(C#N)=C2N1CCC(C)(O)CC1. The zero-order valence-electron chi connectivity index (χ0n) is 29.7. The fourth-order valence-electron chi connectivity index (χ4n) is 6.85. The predicted octanol–water partition coefficient (Wildman–Crippen LogP) is 3.25. The fraction of sp³-hybridized carbons (Fsp3) is 0.500. The lowest BCUT2D eigenvalue weighted by Gasteiger charge is -2.40. The molecule has 2 aliphatic carbocycles. The number of hydrogen-bond acceptors (Lipinski definition) is 13. The van der Waals surface area contributed by atoms with Gasteiger partial charge in [-0.1, -0.05) is 0 Å². The van der Waals surface area contributed by atoms with E-state index >= 15 is 0 Å². The van der Waals surface area contributed by atoms with Crippen LogP contribution in [0.25, 0.3) is 11.4 Å². The topological polar surface area (TPSA) is 201 Å². The monoisotopic (exact) mass is 696 g/mol. The van der Waals surface area contributed by atoms with Crippen molar-refractivity contribution >= 4 is 28.9 Å². The number of pyridine rings is 2. The number of allylic oxidation sites excluding steroid dienone is 2. The molecular formula is C38H44N6O7. The first kappa shape index (κ1) is 37.3. The second-order valence-corrected chi connectivity index (χ2v) is 14.3. The lowest BCUT2D eigenvalue weighted by molar-refractivity contribution is -0.146. The van der Waals surface area contributed by atoms with Crippen LogP contribution < -0.4 is 0 Å². The summed E-state index contributed by atoms with van der Waals surface area (Å²) in [5.74, 6) is -0.826. The highest BCUT2D eigenvalue weighted by Gasteiger charge is 2.36. The van der Waals surface area contributed by atoms with Gasteiger partial charge in [-0.15, -0.1) is 0 Å². The van der Waals surface area contributed by atoms with Crippen LogP contribution in [0, 0.1) is 22.7 Å². The molecule has 6 rings (SSSR count). The smallest absolute Gasteiger partial charge is 0.303 e. The first-order valence-electron chi connectivity index (χ1n) is 17.2. The van der Waals surface area contributed by atoms with Crippen molar-refractivity contribution < 1.29 is 34.4 Å². The second-order valence-electron chi connectivity index (χ2n) is 14.3. The summed E-state index contributed by atoms with van der Waals surface area (Å²) in [7, 11) is 0. The van der Waals surface area contributed by atoms with Crippen LogP contribution in [0.4, 0.5) is 0 Å². The molecule has 13 heteroatoms. The lowest BCUT2D eigenvalue weighted by Crippen LogP contribution is -2.42. The molecule has 4 heterocycles. The number of carbonyl (C=O) groups is 3. The van der Waals surface area contributed by atoms with Crippen molar-refractivity contribution in [2.75, 3.05) is 26.2 Å². The molecule has 2 unspecified atom stereocenters. The number of ketones is 2. The Morgan fingerprint density at radius 3 is 1.57 bits per heavy atom. The van der Waals surface area contributed by atoms with Gasteiger partial charge in [-0.25, -0.2) is 0 Å². The average molecular weight is 697 g/mol. The van der Waals surface area contributed by atoms with E-state index in [1.165, 1.54) is 6.92 Å². The van der Waals surface area contributed by atoms with E-state index in [1.807, 2.05) is 9.80 Å². The van der Waals surface area contributed by atoms with Crippen molar-refractivity contribution in [2.24, 2.45) is 0 Å². The molecule has 0 bridgehead atoms. The van der Waals surface area contributed by atoms with Crippen molar-refractivity contribution in [2.45, 2.75) is 96.6 Å². The van der Waals surface area contributed by atoms with Gasteiger partial charge in [-0.05, 0) is 76.6 Å². The average Bonchev–Trinajstić information content (AvgIpc) is 3.07. The summed E-state index contributed by atoms with van der Waals surface area (Å²) >= 11 is 0. The van der Waals surface area contributed by atoms with E-state index < -0.39 is 29.4 Å². The number of esters is 1. The number of hydrogen-bond donors (Lipinski definition) is 3. The molecule has 0 amide bonds. The van der Waals surface area contributed by atoms with Crippen LogP contribution in [0.3, 0.4) is 0 Å². The number of carbonyl (C=O) groups excluding carboxylic acids is 3. The summed E-state index contributed by atoms with van der Waals surface area (Å²) in [6.07, 6.45) is 4.53. The summed E-state index contributed by atoms with van der Waals surface area (Å²) in [4.78, 5) is 48.6. The quantitative estimate of drug-likeness (QED) is 0.385. The molecule has 0 spiro atoms. The Kier molecular flexibility index (Phi) is 10.8. The number of ether oxygens (including phenoxy) is 1. The van der Waals surface area contributed by atoms with Gasteiger partial charge in [0.2, 0.25) is 0 Å². The summed E-state index contributed by atoms with van der Waals surface area (Å²) in [6, 6.07) is 7.69. The third-order valence-electron chi connectivity index (χ3n) is 9.98. The second kappa shape index (κ2) is 14.7. The first-order valence-corrected chi connectivity index (χ1v) is 17.2. The Bertz CT molecular complexity index is 1880. The normalized spacial score (nSPS) is 20.6. The largest absolute Gasteiger partial charge is 0.456 e. The van der Waals surface area contributed by atoms with Gasteiger partial charge in [0.1, 0.15) is 29.4 Å². The van der Waals surface area contributed by atoms with Gasteiger partial charge in [0.15, 0.2) is 11.6 Å². The molecule has 2 atom stereocenters. The molecule has 51 heavy (non-hydrogen) atoms. The molecule has 2 aromatic heterocycles. The fourth-order valence-corrected chi connectivity index (χ4v) is 6.85. The molecule has 0 radical (unpaired) electrons. The molecule has 2 aliphatic heterocycles. The van der Waals surface area contributed by atoms with Crippen LogP contribution in [-0.2, 0) is 32.0 Å². The van der Waals surface area contributed by atoms with Crippen LogP contribution in [0.2, 0.25) is 0 Å². The van der Waals surface area contributed by atoms with Gasteiger partial charge in [-0.3, -0.25) is 24.4 Å². The number of nitrogens with zero attached hydrogens (tertiary/aromatic N) is 6. The number of nitriles is 2. The van der Waals surface area contributed by atoms with E-state index in [0.29, 0.717) is 74.6 Å². The summed E-state index contributed by atoms with van der Waals surface area (Å²) in [5, 5.41) is 49.3. The number of aliphatic hydroxyl groups excluding tert-OH is 1. The highest BCUT2D eigenvalue weighted by atomic mass is 16.5. The molecule has 2 fully saturated rings. The molecular weight excluding hydrogens is 652 g/mol. The van der Waals surface area contributed by atoms with Gasteiger partial charge in [-0.2, -0.15) is 10.5 Å². The van der Waals surface area contributed by atoms with Crippen LogP contribution >= 0.6 is 0 Å². The zero-order chi connectivity index (χ0) is 37.2. The Balaban J connectivity index is 0.000000199. The number of aromatic nitrogens is 2. The van der Waals surface area contributed by atoms with Crippen molar-refractivity contribution in [1.29, 1.82) is 10.5 Å². The van der Waals surface area contributed by atoms with E-state index in [-0.39, 0.29) is 35.6 Å². The summed E-state index contributed by atoms with van der Waals surface area (Å²) in [6.45, 7) is 10.6. The van der Waals surface area contributed by atoms with Gasteiger partial charge in [0, 0.05) is 69.5 Å². The number of likely N-dealkylation sites (tertiary alicyclic amines) is 2.